The topological polar surface area (TPSA) is 186 Å². The number of piperazine rings is 1. The first-order valence-corrected chi connectivity index (χ1v) is 11.5. The first-order chi connectivity index (χ1) is 17.9. The number of halogens is 1. The van der Waals surface area contributed by atoms with Gasteiger partial charge >= 0.3 is 0 Å². The molecule has 0 bridgehead atoms. The zero-order valence-corrected chi connectivity index (χ0v) is 19.9. The number of aliphatic hydroxyl groups excluding tert-OH is 1. The first-order valence-electron chi connectivity index (χ1n) is 11.5. The number of hydrazine groups is 2. The molecular weight excluding hydrogens is 485 g/mol. The second-order valence-electron chi connectivity index (χ2n) is 8.33. The van der Waals surface area contributed by atoms with Crippen molar-refractivity contribution in [3.8, 4) is 0 Å². The molecule has 0 spiro atoms. The summed E-state index contributed by atoms with van der Waals surface area (Å²) in [6, 6.07) is 9.23. The minimum atomic E-state index is -0.912. The van der Waals surface area contributed by atoms with Gasteiger partial charge in [0.05, 0.1) is 35.0 Å². The third-order valence-electron chi connectivity index (χ3n) is 6.13. The van der Waals surface area contributed by atoms with Crippen molar-refractivity contribution in [1.82, 2.24) is 30.5 Å². The molecular formula is C23H28FN9O4. The van der Waals surface area contributed by atoms with Crippen molar-refractivity contribution in [2.24, 2.45) is 11.7 Å². The fourth-order valence-electron chi connectivity index (χ4n) is 4.24. The highest BCUT2D eigenvalue weighted by Gasteiger charge is 2.33. The number of amides is 2. The molecule has 1 saturated heterocycles. The third-order valence-corrected chi connectivity index (χ3v) is 6.13. The number of para-hydroxylation sites is 1. The number of nitrogens with one attached hydrogen (secondary N) is 3. The predicted molar refractivity (Wildman–Crippen MR) is 132 cm³/mol. The van der Waals surface area contributed by atoms with Crippen molar-refractivity contribution in [2.45, 2.75) is 6.29 Å². The fourth-order valence-corrected chi connectivity index (χ4v) is 4.24. The Bertz CT molecular complexity index is 1280. The number of carbonyl (C=O) groups excluding carboxylic acids is 3. The number of Topliss-reactive ketones (excluding diaryl/α,β-unsaturated/α-hetero) is 1. The van der Waals surface area contributed by atoms with Crippen LogP contribution in [-0.4, -0.2) is 88.1 Å². The van der Waals surface area contributed by atoms with Crippen LogP contribution in [0.3, 0.4) is 0 Å². The van der Waals surface area contributed by atoms with Crippen LogP contribution in [0.2, 0.25) is 0 Å². The van der Waals surface area contributed by atoms with E-state index in [1.54, 1.807) is 0 Å². The maximum atomic E-state index is 14.7. The summed E-state index contributed by atoms with van der Waals surface area (Å²) in [4.78, 5) is 48.2. The average molecular weight is 514 g/mol. The highest BCUT2D eigenvalue weighted by atomic mass is 19.1. The number of benzene rings is 1. The molecule has 4 rings (SSSR count). The Morgan fingerprint density at radius 2 is 1.89 bits per heavy atom. The lowest BCUT2D eigenvalue weighted by molar-refractivity contribution is -0.128. The van der Waals surface area contributed by atoms with Crippen molar-refractivity contribution in [2.75, 3.05) is 44.3 Å². The molecule has 3 heterocycles. The number of ketones is 1. The molecule has 0 saturated carbocycles. The molecule has 1 aromatic carbocycles. The van der Waals surface area contributed by atoms with Crippen molar-refractivity contribution in [3.05, 3.63) is 59.8 Å². The average Bonchev–Trinajstić information content (AvgIpc) is 3.38. The van der Waals surface area contributed by atoms with E-state index < -0.39 is 29.7 Å². The molecule has 8 N–H and O–H groups in total. The van der Waals surface area contributed by atoms with E-state index in [9.17, 15) is 18.8 Å². The van der Waals surface area contributed by atoms with Gasteiger partial charge in [0.25, 0.3) is 17.6 Å². The Labute approximate surface area is 211 Å². The number of anilines is 1. The quantitative estimate of drug-likeness (QED) is 0.0673. The van der Waals surface area contributed by atoms with Gasteiger partial charge in [-0.3, -0.25) is 30.1 Å². The van der Waals surface area contributed by atoms with E-state index in [1.807, 2.05) is 35.2 Å². The lowest BCUT2D eigenvalue weighted by Gasteiger charge is -2.42. The molecule has 2 amide bonds. The van der Waals surface area contributed by atoms with Gasteiger partial charge in [0.2, 0.25) is 0 Å². The Balaban J connectivity index is 1.47. The maximum absolute atomic E-state index is 14.7. The minimum absolute atomic E-state index is 0.0165. The van der Waals surface area contributed by atoms with Crippen molar-refractivity contribution in [1.29, 1.82) is 0 Å². The molecule has 1 fully saturated rings. The summed E-state index contributed by atoms with van der Waals surface area (Å²) in [6.45, 7) is 0.860. The maximum Gasteiger partial charge on any atom is 0.295 e. The number of carbonyl (C=O) groups is 3. The van der Waals surface area contributed by atoms with Gasteiger partial charge in [0.15, 0.2) is 17.8 Å². The van der Waals surface area contributed by atoms with E-state index in [-0.39, 0.29) is 48.4 Å². The number of nitrogens with two attached hydrogens (primary N) is 2. The number of rotatable bonds is 9. The van der Waals surface area contributed by atoms with Crippen LogP contribution in [0.25, 0.3) is 10.9 Å². The van der Waals surface area contributed by atoms with Gasteiger partial charge in [-0.05, 0) is 12.1 Å². The molecule has 0 radical (unpaired) electrons. The normalized spacial score (nSPS) is 15.0. The number of nitrogens with zero attached hydrogens (tertiary/aromatic N) is 4. The Morgan fingerprint density at radius 1 is 1.19 bits per heavy atom. The van der Waals surface area contributed by atoms with Gasteiger partial charge < -0.3 is 20.3 Å². The van der Waals surface area contributed by atoms with Crippen LogP contribution in [0.1, 0.15) is 20.8 Å². The number of H-pyrrole nitrogens is 1. The summed E-state index contributed by atoms with van der Waals surface area (Å²) in [5.74, 6) is 8.77. The van der Waals surface area contributed by atoms with Crippen LogP contribution in [0.5, 0.6) is 0 Å². The van der Waals surface area contributed by atoms with Gasteiger partial charge in [-0.15, -0.1) is 0 Å². The number of fused-ring (bicyclic) bond motifs is 1. The summed E-state index contributed by atoms with van der Waals surface area (Å²) < 4.78 is 14.7. The zero-order chi connectivity index (χ0) is 26.5. The number of hydrogen-bond acceptors (Lipinski definition) is 10. The predicted octanol–water partition coefficient (Wildman–Crippen LogP) is -1.12. The van der Waals surface area contributed by atoms with E-state index in [2.05, 4.69) is 20.7 Å². The highest BCUT2D eigenvalue weighted by Crippen LogP contribution is 2.25. The van der Waals surface area contributed by atoms with Crippen LogP contribution in [-0.2, 0) is 4.79 Å². The van der Waals surface area contributed by atoms with Crippen LogP contribution >= 0.6 is 0 Å². The van der Waals surface area contributed by atoms with Gasteiger partial charge in [0.1, 0.15) is 0 Å². The van der Waals surface area contributed by atoms with Crippen LogP contribution in [0.15, 0.2) is 42.7 Å². The van der Waals surface area contributed by atoms with Gasteiger partial charge in [-0.2, -0.15) is 0 Å². The fraction of sp³-hybridized carbons (Fsp3) is 0.304. The van der Waals surface area contributed by atoms with Crippen molar-refractivity contribution >= 4 is 34.2 Å². The number of pyridine rings is 1. The second-order valence-corrected chi connectivity index (χ2v) is 8.33. The van der Waals surface area contributed by atoms with Gasteiger partial charge in [0, 0.05) is 38.9 Å². The number of aliphatic hydroxyl groups is 1. The lowest BCUT2D eigenvalue weighted by Crippen LogP contribution is -2.65. The second kappa shape index (κ2) is 11.4. The molecule has 1 atom stereocenters. The molecule has 2 aromatic heterocycles. The van der Waals surface area contributed by atoms with Crippen LogP contribution in [0.4, 0.5) is 10.1 Å². The Morgan fingerprint density at radius 3 is 2.54 bits per heavy atom. The van der Waals surface area contributed by atoms with E-state index >= 15 is 0 Å². The Hall–Kier alpha value is -3.95. The SMILES string of the molecule is NNC(N1CCN(C(=O)C(=O)c2c[nH]c3c(C(=O)NCCO)ncc(F)c23)CC1)N(N)c1ccccc1. The smallest absolute Gasteiger partial charge is 0.295 e. The summed E-state index contributed by atoms with van der Waals surface area (Å²) in [5, 5.41) is 12.6. The minimum Gasteiger partial charge on any atom is -0.395 e. The number of aromatic amines is 1. The molecule has 3 aromatic rings. The lowest BCUT2D eigenvalue weighted by atomic mass is 10.1. The molecule has 1 aliphatic heterocycles. The summed E-state index contributed by atoms with van der Waals surface area (Å²) in [6.07, 6.45) is 1.45. The largest absolute Gasteiger partial charge is 0.395 e. The van der Waals surface area contributed by atoms with Gasteiger partial charge in [-0.1, -0.05) is 18.2 Å². The highest BCUT2D eigenvalue weighted by molar-refractivity contribution is 6.45. The molecule has 0 aliphatic carbocycles. The first kappa shape index (κ1) is 26.1. The summed E-state index contributed by atoms with van der Waals surface area (Å²) >= 11 is 0. The third kappa shape index (κ3) is 5.28. The van der Waals surface area contributed by atoms with Crippen molar-refractivity contribution < 1.29 is 23.9 Å². The number of hydrogen-bond donors (Lipinski definition) is 6. The molecule has 1 unspecified atom stereocenters. The van der Waals surface area contributed by atoms with Crippen LogP contribution < -0.4 is 27.4 Å². The van der Waals surface area contributed by atoms with E-state index in [0.29, 0.717) is 13.1 Å². The van der Waals surface area contributed by atoms with Crippen LogP contribution in [0, 0.1) is 5.82 Å². The van der Waals surface area contributed by atoms with E-state index in [0.717, 1.165) is 11.9 Å². The summed E-state index contributed by atoms with van der Waals surface area (Å²) in [7, 11) is 0. The zero-order valence-electron chi connectivity index (χ0n) is 19.9. The molecule has 13 nitrogen and oxygen atoms in total. The molecule has 37 heavy (non-hydrogen) atoms. The Kier molecular flexibility index (Phi) is 8.05. The van der Waals surface area contributed by atoms with E-state index in [1.165, 1.54) is 16.1 Å². The standard InChI is InChI=1S/C23H28FN9O4/c24-16-13-29-19(21(36)27-6-11-34)18-17(16)15(12-28-18)20(35)22(37)31-7-9-32(10-8-31)23(30-25)33(26)14-4-2-1-3-5-14/h1-5,12-13,23,28,30,34H,6-11,25-26H2,(H,27,36). The summed E-state index contributed by atoms with van der Waals surface area (Å²) in [5.41, 5.74) is 3.04. The molecule has 14 heteroatoms. The number of aromatic nitrogens is 2. The molecule has 1 aliphatic rings. The van der Waals surface area contributed by atoms with Crippen molar-refractivity contribution in [3.63, 3.8) is 0 Å². The monoisotopic (exact) mass is 513 g/mol. The van der Waals surface area contributed by atoms with E-state index in [4.69, 9.17) is 16.8 Å². The van der Waals surface area contributed by atoms with Gasteiger partial charge in [-0.25, -0.2) is 20.6 Å². The molecule has 196 valence electrons.